The minimum atomic E-state index is -4.69. The van der Waals surface area contributed by atoms with Crippen LogP contribution in [0.15, 0.2) is 0 Å². The van der Waals surface area contributed by atoms with Crippen molar-refractivity contribution in [2.45, 2.75) is 31.9 Å². The van der Waals surface area contributed by atoms with Crippen molar-refractivity contribution in [1.29, 1.82) is 0 Å². The summed E-state index contributed by atoms with van der Waals surface area (Å²) in [5.74, 6) is -3.77. The van der Waals surface area contributed by atoms with Crippen molar-refractivity contribution in [3.05, 3.63) is 0 Å². The highest BCUT2D eigenvalue weighted by atomic mass is 19.4. The summed E-state index contributed by atoms with van der Waals surface area (Å²) in [5.41, 5.74) is 0. The fraction of sp³-hybridized carbons (Fsp3) is 0.833. The molecule has 1 saturated heterocycles. The van der Waals surface area contributed by atoms with E-state index in [9.17, 15) is 18.0 Å². The maximum atomic E-state index is 12.1. The number of carbonyl (C=O) groups excluding carboxylic acids is 1. The lowest BCUT2D eigenvalue weighted by molar-refractivity contribution is -0.334. The highest BCUT2D eigenvalue weighted by Crippen LogP contribution is 2.39. The van der Waals surface area contributed by atoms with Gasteiger partial charge in [0.05, 0.1) is 0 Å². The monoisotopic (exact) mass is 184 g/mol. The van der Waals surface area contributed by atoms with Crippen LogP contribution in [0.4, 0.5) is 13.2 Å². The van der Waals surface area contributed by atoms with Crippen LogP contribution in [0.5, 0.6) is 0 Å². The molecule has 1 rings (SSSR count). The summed E-state index contributed by atoms with van der Waals surface area (Å²) in [4.78, 5) is 10.6. The fourth-order valence-corrected chi connectivity index (χ4v) is 0.809. The molecule has 3 nitrogen and oxygen atoms in total. The summed E-state index contributed by atoms with van der Waals surface area (Å²) in [6, 6.07) is 0. The molecule has 2 atom stereocenters. The van der Waals surface area contributed by atoms with Crippen molar-refractivity contribution in [2.75, 3.05) is 0 Å². The Labute approximate surface area is 66.4 Å². The SMILES string of the molecule is C[C@H]1OC(C)(C(F)(F)F)OC1=O. The third-order valence-electron chi connectivity index (χ3n) is 1.54. The Kier molecular flexibility index (Phi) is 1.82. The molecular weight excluding hydrogens is 177 g/mol. The van der Waals surface area contributed by atoms with Gasteiger partial charge in [-0.15, -0.1) is 0 Å². The van der Waals surface area contributed by atoms with Crippen molar-refractivity contribution >= 4 is 5.97 Å². The van der Waals surface area contributed by atoms with Crippen LogP contribution in [0.3, 0.4) is 0 Å². The first-order valence-electron chi connectivity index (χ1n) is 3.24. The predicted octanol–water partition coefficient (Wildman–Crippen LogP) is 1.23. The molecule has 0 spiro atoms. The molecule has 70 valence electrons. The summed E-state index contributed by atoms with van der Waals surface area (Å²) in [7, 11) is 0. The van der Waals surface area contributed by atoms with Gasteiger partial charge in [0, 0.05) is 6.92 Å². The fourth-order valence-electron chi connectivity index (χ4n) is 0.809. The molecule has 12 heavy (non-hydrogen) atoms. The van der Waals surface area contributed by atoms with Crippen LogP contribution in [0.1, 0.15) is 13.8 Å². The first kappa shape index (κ1) is 9.31. The van der Waals surface area contributed by atoms with E-state index in [2.05, 4.69) is 9.47 Å². The molecule has 0 aromatic carbocycles. The smallest absolute Gasteiger partial charge is 0.421 e. The number of alkyl halides is 3. The summed E-state index contributed by atoms with van der Waals surface area (Å²) in [5, 5.41) is 0. The number of halogens is 3. The molecule has 0 aromatic heterocycles. The lowest BCUT2D eigenvalue weighted by Gasteiger charge is -2.24. The first-order valence-corrected chi connectivity index (χ1v) is 3.24. The first-order chi connectivity index (χ1) is 5.26. The van der Waals surface area contributed by atoms with E-state index in [0.717, 1.165) is 0 Å². The molecule has 0 aromatic rings. The van der Waals surface area contributed by atoms with E-state index in [1.807, 2.05) is 0 Å². The number of esters is 1. The van der Waals surface area contributed by atoms with Gasteiger partial charge in [0.2, 0.25) is 0 Å². The average molecular weight is 184 g/mol. The average Bonchev–Trinajstić information content (AvgIpc) is 2.06. The standard InChI is InChI=1S/C6H7F3O3/c1-3-4(10)12-5(2,11-3)6(7,8)9/h3H,1-2H3/t3-,5?/m1/s1. The molecule has 1 unspecified atom stereocenters. The number of hydrogen-bond donors (Lipinski definition) is 0. The van der Waals surface area contributed by atoms with E-state index in [1.165, 1.54) is 6.92 Å². The van der Waals surface area contributed by atoms with Gasteiger partial charge in [-0.1, -0.05) is 0 Å². The highest BCUT2D eigenvalue weighted by molar-refractivity contribution is 5.76. The van der Waals surface area contributed by atoms with Crippen molar-refractivity contribution in [1.82, 2.24) is 0 Å². The van der Waals surface area contributed by atoms with Gasteiger partial charge < -0.3 is 9.47 Å². The van der Waals surface area contributed by atoms with Crippen LogP contribution < -0.4 is 0 Å². The Hall–Kier alpha value is -0.780. The van der Waals surface area contributed by atoms with Gasteiger partial charge in [-0.3, -0.25) is 0 Å². The lowest BCUT2D eigenvalue weighted by atomic mass is 10.3. The zero-order valence-electron chi connectivity index (χ0n) is 6.44. The quantitative estimate of drug-likeness (QED) is 0.531. The zero-order valence-corrected chi connectivity index (χ0v) is 6.44. The van der Waals surface area contributed by atoms with Crippen LogP contribution in [0, 0.1) is 0 Å². The maximum Gasteiger partial charge on any atom is 0.455 e. The lowest BCUT2D eigenvalue weighted by Crippen LogP contribution is -2.43. The van der Waals surface area contributed by atoms with Gasteiger partial charge >= 0.3 is 17.9 Å². The molecule has 1 heterocycles. The second kappa shape index (κ2) is 2.35. The van der Waals surface area contributed by atoms with E-state index >= 15 is 0 Å². The molecule has 0 bridgehead atoms. The van der Waals surface area contributed by atoms with Crippen LogP contribution in [-0.2, 0) is 14.3 Å². The van der Waals surface area contributed by atoms with E-state index < -0.39 is 24.0 Å². The molecule has 6 heteroatoms. The van der Waals surface area contributed by atoms with Crippen molar-refractivity contribution < 1.29 is 27.4 Å². The van der Waals surface area contributed by atoms with E-state index in [1.54, 1.807) is 0 Å². The summed E-state index contributed by atoms with van der Waals surface area (Å²) >= 11 is 0. The van der Waals surface area contributed by atoms with Crippen LogP contribution in [0.25, 0.3) is 0 Å². The molecular formula is C6H7F3O3. The minimum Gasteiger partial charge on any atom is -0.421 e. The molecule has 0 radical (unpaired) electrons. The Morgan fingerprint density at radius 3 is 2.17 bits per heavy atom. The highest BCUT2D eigenvalue weighted by Gasteiger charge is 2.61. The van der Waals surface area contributed by atoms with Crippen molar-refractivity contribution in [3.63, 3.8) is 0 Å². The van der Waals surface area contributed by atoms with E-state index in [-0.39, 0.29) is 0 Å². The Morgan fingerprint density at radius 1 is 1.50 bits per heavy atom. The molecule has 0 N–H and O–H groups in total. The molecule has 0 amide bonds. The maximum absolute atomic E-state index is 12.1. The molecule has 1 aliphatic rings. The van der Waals surface area contributed by atoms with Gasteiger partial charge in [-0.25, -0.2) is 4.79 Å². The third kappa shape index (κ3) is 1.26. The third-order valence-corrected chi connectivity index (χ3v) is 1.54. The molecule has 1 aliphatic heterocycles. The Morgan fingerprint density at radius 2 is 2.00 bits per heavy atom. The van der Waals surface area contributed by atoms with Gasteiger partial charge in [0.25, 0.3) is 0 Å². The van der Waals surface area contributed by atoms with Crippen LogP contribution in [-0.4, -0.2) is 24.0 Å². The molecule has 0 saturated carbocycles. The second-order valence-corrected chi connectivity index (χ2v) is 2.62. The number of carbonyl (C=O) groups is 1. The number of hydrogen-bond acceptors (Lipinski definition) is 3. The van der Waals surface area contributed by atoms with Gasteiger partial charge in [-0.2, -0.15) is 13.2 Å². The second-order valence-electron chi connectivity index (χ2n) is 2.62. The predicted molar refractivity (Wildman–Crippen MR) is 31.1 cm³/mol. The van der Waals surface area contributed by atoms with Crippen molar-refractivity contribution in [2.24, 2.45) is 0 Å². The number of rotatable bonds is 0. The molecule has 0 aliphatic carbocycles. The Balaban J connectivity index is 2.84. The zero-order chi connectivity index (χ0) is 9.57. The largest absolute Gasteiger partial charge is 0.455 e. The van der Waals surface area contributed by atoms with Crippen molar-refractivity contribution in [3.8, 4) is 0 Å². The van der Waals surface area contributed by atoms with Crippen LogP contribution in [0.2, 0.25) is 0 Å². The number of cyclic esters (lactones) is 1. The van der Waals surface area contributed by atoms with Gasteiger partial charge in [0.15, 0.2) is 6.10 Å². The normalized spacial score (nSPS) is 36.8. The summed E-state index contributed by atoms with van der Waals surface area (Å²) < 4.78 is 44.6. The van der Waals surface area contributed by atoms with Gasteiger partial charge in [-0.05, 0) is 6.92 Å². The van der Waals surface area contributed by atoms with E-state index in [4.69, 9.17) is 0 Å². The minimum absolute atomic E-state index is 0.675. The Bertz CT molecular complexity index is 213. The topological polar surface area (TPSA) is 35.5 Å². The summed E-state index contributed by atoms with van der Waals surface area (Å²) in [6.07, 6.45) is -5.84. The van der Waals surface area contributed by atoms with Crippen LogP contribution >= 0.6 is 0 Å². The van der Waals surface area contributed by atoms with E-state index in [0.29, 0.717) is 6.92 Å². The summed E-state index contributed by atoms with van der Waals surface area (Å²) in [6.45, 7) is 1.88. The number of ether oxygens (including phenoxy) is 2. The van der Waals surface area contributed by atoms with Gasteiger partial charge in [0.1, 0.15) is 0 Å². The molecule has 1 fully saturated rings.